The van der Waals surface area contributed by atoms with E-state index < -0.39 is 30.1 Å². The summed E-state index contributed by atoms with van der Waals surface area (Å²) in [7, 11) is 0. The number of aliphatic hydroxyl groups excluding tert-OH is 1. The number of rotatable bonds is 7. The van der Waals surface area contributed by atoms with E-state index in [2.05, 4.69) is 5.32 Å². The van der Waals surface area contributed by atoms with Gasteiger partial charge in [-0.3, -0.25) is 4.79 Å². The van der Waals surface area contributed by atoms with Gasteiger partial charge in [0.1, 0.15) is 6.10 Å². The molecule has 1 amide bonds. The molecule has 1 rings (SSSR count). The molecule has 0 aromatic carbocycles. The van der Waals surface area contributed by atoms with Crippen LogP contribution in [0.2, 0.25) is 0 Å². The van der Waals surface area contributed by atoms with Gasteiger partial charge in [0.15, 0.2) is 0 Å². The standard InChI is InChI=1S/C15H28N2O4.ClH/c1-9(2)12(15(20)21)17-14(19)13(18)11(16)8-10-6-4-3-5-7-10;/h9-13,18H,3-8,16H2,1-2H3,(H,17,19)(H,20,21);1H/p-1. The molecule has 0 aromatic rings. The van der Waals surface area contributed by atoms with Gasteiger partial charge in [-0.2, -0.15) is 0 Å². The van der Waals surface area contributed by atoms with Crippen molar-refractivity contribution in [3.63, 3.8) is 0 Å². The summed E-state index contributed by atoms with van der Waals surface area (Å²) in [6.07, 6.45) is 4.93. The first-order valence-corrected chi connectivity index (χ1v) is 7.77. The second-order valence-corrected chi connectivity index (χ2v) is 6.40. The number of aliphatic carboxylic acids is 1. The third-order valence-corrected chi connectivity index (χ3v) is 4.22. The first-order valence-electron chi connectivity index (χ1n) is 7.77. The maximum atomic E-state index is 11.9. The van der Waals surface area contributed by atoms with E-state index in [1.54, 1.807) is 13.8 Å². The maximum absolute atomic E-state index is 11.9. The summed E-state index contributed by atoms with van der Waals surface area (Å²) < 4.78 is 0. The Kier molecular flexibility index (Phi) is 9.64. The zero-order valence-corrected chi connectivity index (χ0v) is 14.1. The van der Waals surface area contributed by atoms with E-state index in [4.69, 9.17) is 5.73 Å². The number of aliphatic hydroxyl groups is 1. The predicted molar refractivity (Wildman–Crippen MR) is 84.2 cm³/mol. The largest absolute Gasteiger partial charge is 0.548 e. The summed E-state index contributed by atoms with van der Waals surface area (Å²) in [6.45, 7) is 3.32. The quantitative estimate of drug-likeness (QED) is 0.603. The molecule has 1 aliphatic rings. The van der Waals surface area contributed by atoms with E-state index in [1.807, 2.05) is 0 Å². The van der Waals surface area contributed by atoms with Crippen molar-refractivity contribution in [2.45, 2.75) is 70.6 Å². The van der Waals surface area contributed by atoms with Gasteiger partial charge in [0.2, 0.25) is 0 Å². The third-order valence-electron chi connectivity index (χ3n) is 4.22. The van der Waals surface area contributed by atoms with E-state index in [9.17, 15) is 19.8 Å². The van der Waals surface area contributed by atoms with Crippen LogP contribution in [0.25, 0.3) is 0 Å². The maximum Gasteiger partial charge on any atom is 0.250 e. The lowest BCUT2D eigenvalue weighted by Gasteiger charge is -2.29. The molecule has 130 valence electrons. The van der Waals surface area contributed by atoms with E-state index in [-0.39, 0.29) is 18.3 Å². The Balaban J connectivity index is 0.00000441. The molecule has 6 nitrogen and oxygen atoms in total. The number of carbonyl (C=O) groups excluding carboxylic acids is 2. The summed E-state index contributed by atoms with van der Waals surface area (Å²) in [5.41, 5.74) is 5.90. The number of carbonyl (C=O) groups is 2. The fourth-order valence-corrected chi connectivity index (χ4v) is 2.87. The zero-order valence-electron chi connectivity index (χ0n) is 13.3. The number of carboxylic acid groups (broad SMARTS) is 1. The van der Waals surface area contributed by atoms with E-state index in [1.165, 1.54) is 19.3 Å². The molecular formula is C15H28ClN2O4-. The summed E-state index contributed by atoms with van der Waals surface area (Å²) in [4.78, 5) is 22.9. The lowest BCUT2D eigenvalue weighted by Crippen LogP contribution is -2.56. The lowest BCUT2D eigenvalue weighted by atomic mass is 9.84. The lowest BCUT2D eigenvalue weighted by molar-refractivity contribution is -0.309. The smallest absolute Gasteiger partial charge is 0.250 e. The van der Waals surface area contributed by atoms with Crippen molar-refractivity contribution in [1.29, 1.82) is 0 Å². The van der Waals surface area contributed by atoms with E-state index in [0.717, 1.165) is 12.8 Å². The van der Waals surface area contributed by atoms with Crippen molar-refractivity contribution < 1.29 is 19.8 Å². The van der Waals surface area contributed by atoms with Gasteiger partial charge in [-0.15, -0.1) is 12.4 Å². The zero-order chi connectivity index (χ0) is 16.0. The Labute approximate surface area is 138 Å². The molecule has 1 aliphatic carbocycles. The molecule has 7 heteroatoms. The number of carboxylic acids is 1. The highest BCUT2D eigenvalue weighted by Crippen LogP contribution is 2.27. The highest BCUT2D eigenvalue weighted by molar-refractivity contribution is 5.86. The highest BCUT2D eigenvalue weighted by atomic mass is 35.5. The van der Waals surface area contributed by atoms with Gasteiger partial charge in [0, 0.05) is 6.04 Å². The minimum atomic E-state index is -1.38. The predicted octanol–water partition coefficient (Wildman–Crippen LogP) is -0.0425. The van der Waals surface area contributed by atoms with Crippen LogP contribution in [0.15, 0.2) is 0 Å². The van der Waals surface area contributed by atoms with Crippen LogP contribution in [0.4, 0.5) is 0 Å². The number of nitrogens with two attached hydrogens (primary N) is 1. The second-order valence-electron chi connectivity index (χ2n) is 6.40. The molecule has 0 aliphatic heterocycles. The van der Waals surface area contributed by atoms with Crippen LogP contribution in [0, 0.1) is 11.8 Å². The van der Waals surface area contributed by atoms with Crippen LogP contribution in [0.1, 0.15) is 52.4 Å². The van der Waals surface area contributed by atoms with Crippen molar-refractivity contribution in [2.75, 3.05) is 0 Å². The topological polar surface area (TPSA) is 115 Å². The molecule has 4 N–H and O–H groups in total. The summed E-state index contributed by atoms with van der Waals surface area (Å²) in [5, 5.41) is 23.2. The average Bonchev–Trinajstić information content (AvgIpc) is 2.43. The van der Waals surface area contributed by atoms with Gasteiger partial charge < -0.3 is 26.1 Å². The van der Waals surface area contributed by atoms with Crippen LogP contribution in [0.3, 0.4) is 0 Å². The van der Waals surface area contributed by atoms with Crippen molar-refractivity contribution in [1.82, 2.24) is 5.32 Å². The minimum absolute atomic E-state index is 0. The number of amides is 1. The molecule has 0 heterocycles. The Morgan fingerprint density at radius 3 is 2.27 bits per heavy atom. The van der Waals surface area contributed by atoms with Crippen LogP contribution < -0.4 is 16.2 Å². The van der Waals surface area contributed by atoms with Crippen molar-refractivity contribution in [3.8, 4) is 0 Å². The molecule has 3 unspecified atom stereocenters. The monoisotopic (exact) mass is 335 g/mol. The molecule has 3 atom stereocenters. The van der Waals surface area contributed by atoms with Crippen LogP contribution >= 0.6 is 12.4 Å². The van der Waals surface area contributed by atoms with E-state index >= 15 is 0 Å². The molecule has 0 aromatic heterocycles. The van der Waals surface area contributed by atoms with Gasteiger partial charge in [0.05, 0.1) is 12.0 Å². The molecular weight excluding hydrogens is 308 g/mol. The van der Waals surface area contributed by atoms with Crippen molar-refractivity contribution in [2.24, 2.45) is 17.6 Å². The average molecular weight is 336 g/mol. The van der Waals surface area contributed by atoms with Crippen molar-refractivity contribution in [3.05, 3.63) is 0 Å². The fraction of sp³-hybridized carbons (Fsp3) is 0.867. The molecule has 0 spiro atoms. The molecule has 22 heavy (non-hydrogen) atoms. The van der Waals surface area contributed by atoms with Crippen LogP contribution in [-0.4, -0.2) is 35.2 Å². The SMILES string of the molecule is CC(C)C(NC(=O)C(O)C(N)CC1CCCCC1)C(=O)[O-].Cl. The summed E-state index contributed by atoms with van der Waals surface area (Å²) in [6, 6.07) is -1.78. The molecule has 1 saturated carbocycles. The summed E-state index contributed by atoms with van der Waals surface area (Å²) >= 11 is 0. The number of nitrogens with one attached hydrogen (secondary N) is 1. The number of hydrogen-bond acceptors (Lipinski definition) is 5. The van der Waals surface area contributed by atoms with Gasteiger partial charge in [-0.25, -0.2) is 0 Å². The summed E-state index contributed by atoms with van der Waals surface area (Å²) in [5.74, 6) is -1.97. The molecule has 0 saturated heterocycles. The molecule has 0 bridgehead atoms. The molecule has 0 radical (unpaired) electrons. The van der Waals surface area contributed by atoms with Gasteiger partial charge >= 0.3 is 0 Å². The number of halogens is 1. The van der Waals surface area contributed by atoms with Gasteiger partial charge in [-0.1, -0.05) is 46.0 Å². The third kappa shape index (κ3) is 6.50. The first-order chi connectivity index (χ1) is 9.82. The first kappa shape index (κ1) is 21.1. The van der Waals surface area contributed by atoms with Gasteiger partial charge in [0.25, 0.3) is 5.91 Å². The van der Waals surface area contributed by atoms with Crippen molar-refractivity contribution >= 4 is 24.3 Å². The van der Waals surface area contributed by atoms with Crippen LogP contribution in [-0.2, 0) is 9.59 Å². The highest BCUT2D eigenvalue weighted by Gasteiger charge is 2.28. The molecule has 1 fully saturated rings. The Morgan fingerprint density at radius 2 is 1.82 bits per heavy atom. The Bertz CT molecular complexity index is 359. The fourth-order valence-electron chi connectivity index (χ4n) is 2.87. The Hall–Kier alpha value is -0.850. The van der Waals surface area contributed by atoms with Gasteiger partial charge in [-0.05, 0) is 18.3 Å². The normalized spacial score (nSPS) is 19.9. The number of hydrogen-bond donors (Lipinski definition) is 3. The van der Waals surface area contributed by atoms with E-state index in [0.29, 0.717) is 12.3 Å². The minimum Gasteiger partial charge on any atom is -0.548 e. The second kappa shape index (κ2) is 10.0. The van der Waals surface area contributed by atoms with Crippen LogP contribution in [0.5, 0.6) is 0 Å². The Morgan fingerprint density at radius 1 is 1.27 bits per heavy atom.